The highest BCUT2D eigenvalue weighted by atomic mass is 79.9. The Hall–Kier alpha value is -2.89. The number of fused-ring (bicyclic) bond motifs is 1. The molecule has 1 aromatic heterocycles. The molecule has 0 N–H and O–H groups in total. The molecular formula is C22H20BrN3O3S. The summed E-state index contributed by atoms with van der Waals surface area (Å²) in [6.07, 6.45) is 1.38. The summed E-state index contributed by atoms with van der Waals surface area (Å²) in [4.78, 5) is 14.8. The highest BCUT2D eigenvalue weighted by molar-refractivity contribution is 9.10. The van der Waals surface area contributed by atoms with Gasteiger partial charge in [0.05, 0.1) is 10.4 Å². The van der Waals surface area contributed by atoms with Crippen molar-refractivity contribution in [3.63, 3.8) is 0 Å². The van der Waals surface area contributed by atoms with E-state index in [2.05, 4.69) is 15.9 Å². The van der Waals surface area contributed by atoms with E-state index in [1.807, 2.05) is 19.9 Å². The number of carbonyl (C=O) groups is 1. The first kappa shape index (κ1) is 21.8. The third-order valence-electron chi connectivity index (χ3n) is 4.58. The molecule has 0 spiro atoms. The number of aromatic nitrogens is 1. The summed E-state index contributed by atoms with van der Waals surface area (Å²) in [6.45, 7) is 3.74. The predicted octanol–water partition coefficient (Wildman–Crippen LogP) is 4.41. The standard InChI is InChI=1S/C22H20BrN3O3S/c1-14-5-7-18(8-6-14)30(28,29)26-20-11-19(23)15(2)9-16(20)10-21(26)22(27)17(12-24)13-25(3)4/h5-11,13H,1-4H3/b17-13+. The third kappa shape index (κ3) is 3.91. The van der Waals surface area contributed by atoms with Crippen molar-refractivity contribution in [2.75, 3.05) is 14.1 Å². The van der Waals surface area contributed by atoms with Crippen LogP contribution in [-0.4, -0.2) is 37.2 Å². The Morgan fingerprint density at radius 2 is 1.77 bits per heavy atom. The molecule has 0 unspecified atom stereocenters. The quantitative estimate of drug-likeness (QED) is 0.303. The van der Waals surface area contributed by atoms with Crippen LogP contribution in [0, 0.1) is 25.2 Å². The summed E-state index contributed by atoms with van der Waals surface area (Å²) < 4.78 is 28.9. The Bertz CT molecular complexity index is 1330. The van der Waals surface area contributed by atoms with E-state index in [0.29, 0.717) is 10.9 Å². The number of Topliss-reactive ketones (excluding diaryl/α,β-unsaturated/α-hetero) is 1. The third-order valence-corrected chi connectivity index (χ3v) is 7.18. The Kier molecular flexibility index (Phi) is 5.88. The molecule has 0 saturated heterocycles. The van der Waals surface area contributed by atoms with E-state index in [9.17, 15) is 18.5 Å². The number of hydrogen-bond acceptors (Lipinski definition) is 5. The lowest BCUT2D eigenvalue weighted by Crippen LogP contribution is -2.20. The maximum atomic E-state index is 13.6. The van der Waals surface area contributed by atoms with E-state index >= 15 is 0 Å². The molecule has 154 valence electrons. The smallest absolute Gasteiger partial charge is 0.268 e. The zero-order valence-electron chi connectivity index (χ0n) is 17.0. The summed E-state index contributed by atoms with van der Waals surface area (Å²) >= 11 is 3.44. The molecule has 3 rings (SSSR count). The lowest BCUT2D eigenvalue weighted by Gasteiger charge is -2.13. The van der Waals surface area contributed by atoms with Crippen molar-refractivity contribution in [1.29, 1.82) is 5.26 Å². The molecule has 3 aromatic rings. The summed E-state index contributed by atoms with van der Waals surface area (Å²) in [6, 6.07) is 13.3. The van der Waals surface area contributed by atoms with Gasteiger partial charge in [-0.3, -0.25) is 4.79 Å². The predicted molar refractivity (Wildman–Crippen MR) is 120 cm³/mol. The summed E-state index contributed by atoms with van der Waals surface area (Å²) in [5, 5.41) is 10.1. The summed E-state index contributed by atoms with van der Waals surface area (Å²) in [5.41, 5.74) is 1.94. The number of rotatable bonds is 5. The number of aryl methyl sites for hydroxylation is 2. The van der Waals surface area contributed by atoms with Crippen molar-refractivity contribution >= 4 is 42.6 Å². The molecule has 30 heavy (non-hydrogen) atoms. The van der Waals surface area contributed by atoms with Crippen molar-refractivity contribution < 1.29 is 13.2 Å². The van der Waals surface area contributed by atoms with Crippen LogP contribution in [0.4, 0.5) is 0 Å². The molecule has 0 fully saturated rings. The van der Waals surface area contributed by atoms with Gasteiger partial charge in [-0.15, -0.1) is 0 Å². The van der Waals surface area contributed by atoms with Gasteiger partial charge < -0.3 is 4.90 Å². The molecule has 1 heterocycles. The molecule has 8 heteroatoms. The van der Waals surface area contributed by atoms with Crippen LogP contribution in [-0.2, 0) is 10.0 Å². The summed E-state index contributed by atoms with van der Waals surface area (Å²) in [5.74, 6) is -0.660. The molecule has 0 amide bonds. The number of allylic oxidation sites excluding steroid dienone is 1. The van der Waals surface area contributed by atoms with E-state index in [-0.39, 0.29) is 16.2 Å². The van der Waals surface area contributed by atoms with Gasteiger partial charge in [-0.2, -0.15) is 5.26 Å². The van der Waals surface area contributed by atoms with E-state index in [0.717, 1.165) is 19.6 Å². The van der Waals surface area contributed by atoms with E-state index in [1.54, 1.807) is 43.3 Å². The molecule has 0 aliphatic carbocycles. The van der Waals surface area contributed by atoms with Gasteiger partial charge >= 0.3 is 0 Å². The van der Waals surface area contributed by atoms with Crippen molar-refractivity contribution in [2.24, 2.45) is 0 Å². The number of carbonyl (C=O) groups excluding carboxylic acids is 1. The second-order valence-corrected chi connectivity index (χ2v) is 9.86. The number of halogens is 1. The first-order valence-electron chi connectivity index (χ1n) is 9.03. The van der Waals surface area contributed by atoms with Crippen LogP contribution >= 0.6 is 15.9 Å². The Morgan fingerprint density at radius 3 is 2.33 bits per heavy atom. The number of benzene rings is 2. The SMILES string of the molecule is Cc1ccc(S(=O)(=O)n2c(C(=O)/C(C#N)=C/N(C)C)cc3cc(C)c(Br)cc32)cc1. The van der Waals surface area contributed by atoms with Crippen LogP contribution in [0.25, 0.3) is 10.9 Å². The molecule has 0 aliphatic rings. The number of nitriles is 1. The maximum absolute atomic E-state index is 13.6. The normalized spacial score (nSPS) is 12.1. The zero-order valence-corrected chi connectivity index (χ0v) is 19.4. The fourth-order valence-corrected chi connectivity index (χ4v) is 4.92. The average Bonchev–Trinajstić information content (AvgIpc) is 3.05. The van der Waals surface area contributed by atoms with Gasteiger partial charge in [-0.05, 0) is 49.7 Å². The molecule has 0 saturated carbocycles. The molecule has 6 nitrogen and oxygen atoms in total. The van der Waals surface area contributed by atoms with E-state index < -0.39 is 15.8 Å². The molecule has 0 aliphatic heterocycles. The fraction of sp³-hybridized carbons (Fsp3) is 0.182. The minimum absolute atomic E-state index is 0.0615. The monoisotopic (exact) mass is 485 g/mol. The van der Waals surface area contributed by atoms with Gasteiger partial charge in [0.1, 0.15) is 17.3 Å². The van der Waals surface area contributed by atoms with Crippen LogP contribution in [0.3, 0.4) is 0 Å². The van der Waals surface area contributed by atoms with Crippen molar-refractivity contribution in [1.82, 2.24) is 8.87 Å². The average molecular weight is 486 g/mol. The molecule has 0 radical (unpaired) electrons. The second kappa shape index (κ2) is 8.09. The summed E-state index contributed by atoms with van der Waals surface area (Å²) in [7, 11) is -0.721. The Morgan fingerprint density at radius 1 is 1.13 bits per heavy atom. The molecular weight excluding hydrogens is 466 g/mol. The number of nitrogens with zero attached hydrogens (tertiary/aromatic N) is 3. The number of ketones is 1. The number of hydrogen-bond donors (Lipinski definition) is 0. The van der Waals surface area contributed by atoms with Crippen molar-refractivity contribution in [2.45, 2.75) is 18.7 Å². The van der Waals surface area contributed by atoms with Crippen LogP contribution in [0.1, 0.15) is 21.6 Å². The van der Waals surface area contributed by atoms with Crippen LogP contribution in [0.15, 0.2) is 63.6 Å². The molecule has 0 atom stereocenters. The maximum Gasteiger partial charge on any atom is 0.268 e. The lowest BCUT2D eigenvalue weighted by molar-refractivity contribution is 0.103. The van der Waals surface area contributed by atoms with Crippen molar-refractivity contribution in [3.8, 4) is 6.07 Å². The zero-order chi connectivity index (χ0) is 22.2. The van der Waals surface area contributed by atoms with Gasteiger partial charge in [-0.25, -0.2) is 12.4 Å². The Balaban J connectivity index is 2.38. The van der Waals surface area contributed by atoms with Gasteiger partial charge in [0.2, 0.25) is 5.78 Å². The van der Waals surface area contributed by atoms with Crippen LogP contribution < -0.4 is 0 Å². The van der Waals surface area contributed by atoms with Crippen LogP contribution in [0.2, 0.25) is 0 Å². The fourth-order valence-electron chi connectivity index (χ4n) is 3.09. The van der Waals surface area contributed by atoms with Crippen molar-refractivity contribution in [3.05, 3.63) is 75.5 Å². The topological polar surface area (TPSA) is 83.2 Å². The highest BCUT2D eigenvalue weighted by Gasteiger charge is 2.28. The van der Waals surface area contributed by atoms with Gasteiger partial charge in [0.15, 0.2) is 0 Å². The van der Waals surface area contributed by atoms with E-state index in [1.165, 1.54) is 24.4 Å². The molecule has 2 aromatic carbocycles. The molecule has 0 bridgehead atoms. The Labute approximate surface area is 184 Å². The van der Waals surface area contributed by atoms with E-state index in [4.69, 9.17) is 0 Å². The first-order chi connectivity index (χ1) is 14.1. The minimum atomic E-state index is -4.09. The first-order valence-corrected chi connectivity index (χ1v) is 11.3. The second-order valence-electron chi connectivity index (χ2n) is 7.22. The highest BCUT2D eigenvalue weighted by Crippen LogP contribution is 2.31. The van der Waals surface area contributed by atoms with Gasteiger partial charge in [0.25, 0.3) is 10.0 Å². The minimum Gasteiger partial charge on any atom is -0.382 e. The van der Waals surface area contributed by atoms with Crippen LogP contribution in [0.5, 0.6) is 0 Å². The van der Waals surface area contributed by atoms with Gasteiger partial charge in [-0.1, -0.05) is 33.6 Å². The largest absolute Gasteiger partial charge is 0.382 e. The lowest BCUT2D eigenvalue weighted by atomic mass is 10.1. The van der Waals surface area contributed by atoms with Gasteiger partial charge in [0, 0.05) is 30.2 Å².